The third-order valence-corrected chi connectivity index (χ3v) is 3.72. The summed E-state index contributed by atoms with van der Waals surface area (Å²) in [5.74, 6) is 0.495. The van der Waals surface area contributed by atoms with Crippen LogP contribution in [-0.2, 0) is 11.2 Å². The van der Waals surface area contributed by atoms with E-state index in [-0.39, 0.29) is 30.7 Å². The zero-order valence-corrected chi connectivity index (χ0v) is 11.4. The van der Waals surface area contributed by atoms with E-state index in [2.05, 4.69) is 5.32 Å². The number of carbonyl (C=O) groups is 1. The van der Waals surface area contributed by atoms with E-state index < -0.39 is 0 Å². The monoisotopic (exact) mass is 283 g/mol. The van der Waals surface area contributed by atoms with Gasteiger partial charge in [0.25, 0.3) is 0 Å². The first-order valence-electron chi connectivity index (χ1n) is 6.47. The molecule has 0 spiro atoms. The topological polar surface area (TPSA) is 69.6 Å². The maximum Gasteiger partial charge on any atom is 0.224 e. The highest BCUT2D eigenvalue weighted by molar-refractivity contribution is 6.31. The lowest BCUT2D eigenvalue weighted by atomic mass is 10.1. The molecule has 1 aliphatic rings. The van der Waals surface area contributed by atoms with Crippen LogP contribution >= 0.6 is 11.6 Å². The minimum atomic E-state index is -0.0991. The smallest absolute Gasteiger partial charge is 0.224 e. The molecule has 5 heteroatoms. The molecule has 3 N–H and O–H groups in total. The SMILES string of the molecule is O=C(Cc1ccc(O)cc1Cl)NC(CCO)C1CC1. The van der Waals surface area contributed by atoms with E-state index in [1.807, 2.05) is 0 Å². The molecule has 0 bridgehead atoms. The summed E-state index contributed by atoms with van der Waals surface area (Å²) in [5, 5.41) is 21.6. The Balaban J connectivity index is 1.92. The van der Waals surface area contributed by atoms with Crippen LogP contribution in [0, 0.1) is 5.92 Å². The number of aliphatic hydroxyl groups excluding tert-OH is 1. The number of phenolic OH excluding ortho intramolecular Hbond substituents is 1. The Hall–Kier alpha value is -1.26. The van der Waals surface area contributed by atoms with Crippen molar-refractivity contribution in [1.82, 2.24) is 5.32 Å². The molecule has 1 aromatic carbocycles. The lowest BCUT2D eigenvalue weighted by molar-refractivity contribution is -0.121. The van der Waals surface area contributed by atoms with Gasteiger partial charge in [0.1, 0.15) is 5.75 Å². The fourth-order valence-electron chi connectivity index (χ4n) is 2.17. The van der Waals surface area contributed by atoms with Crippen molar-refractivity contribution in [2.24, 2.45) is 5.92 Å². The highest BCUT2D eigenvalue weighted by atomic mass is 35.5. The average molecular weight is 284 g/mol. The van der Waals surface area contributed by atoms with Crippen LogP contribution in [0.2, 0.25) is 5.02 Å². The Morgan fingerprint density at radius 1 is 1.47 bits per heavy atom. The molecule has 1 saturated carbocycles. The molecule has 0 radical (unpaired) electrons. The van der Waals surface area contributed by atoms with Crippen LogP contribution in [0.3, 0.4) is 0 Å². The molecule has 1 unspecified atom stereocenters. The molecule has 1 aromatic rings. The molecule has 1 amide bonds. The third-order valence-electron chi connectivity index (χ3n) is 3.37. The van der Waals surface area contributed by atoms with E-state index in [1.54, 1.807) is 6.07 Å². The Morgan fingerprint density at radius 3 is 2.79 bits per heavy atom. The van der Waals surface area contributed by atoms with E-state index in [1.165, 1.54) is 12.1 Å². The minimum absolute atomic E-state index is 0.0633. The zero-order chi connectivity index (χ0) is 13.8. The normalized spacial score (nSPS) is 16.1. The summed E-state index contributed by atoms with van der Waals surface area (Å²) in [5.41, 5.74) is 0.690. The molecule has 4 nitrogen and oxygen atoms in total. The molecule has 1 atom stereocenters. The largest absolute Gasteiger partial charge is 0.508 e. The summed E-state index contributed by atoms with van der Waals surface area (Å²) in [6.45, 7) is 0.0847. The van der Waals surface area contributed by atoms with E-state index in [0.717, 1.165) is 12.8 Å². The predicted octanol–water partition coefficient (Wildman–Crippen LogP) is 1.87. The Kier molecular flexibility index (Phi) is 4.66. The van der Waals surface area contributed by atoms with Gasteiger partial charge < -0.3 is 15.5 Å². The van der Waals surface area contributed by atoms with Crippen molar-refractivity contribution >= 4 is 17.5 Å². The van der Waals surface area contributed by atoms with E-state index >= 15 is 0 Å². The second-order valence-corrected chi connectivity index (χ2v) is 5.38. The number of hydrogen-bond donors (Lipinski definition) is 3. The summed E-state index contributed by atoms with van der Waals surface area (Å²) in [6, 6.07) is 4.65. The van der Waals surface area contributed by atoms with Gasteiger partial charge in [0, 0.05) is 17.7 Å². The van der Waals surface area contributed by atoms with Crippen LogP contribution in [0.25, 0.3) is 0 Å². The van der Waals surface area contributed by atoms with Crippen molar-refractivity contribution in [3.63, 3.8) is 0 Å². The quantitative estimate of drug-likeness (QED) is 0.746. The number of hydrogen-bond acceptors (Lipinski definition) is 3. The molecule has 0 saturated heterocycles. The van der Waals surface area contributed by atoms with Crippen LogP contribution in [0.5, 0.6) is 5.75 Å². The molecular weight excluding hydrogens is 266 g/mol. The number of amides is 1. The number of phenols is 1. The number of nitrogens with one attached hydrogen (secondary N) is 1. The van der Waals surface area contributed by atoms with Crippen LogP contribution in [-0.4, -0.2) is 28.8 Å². The molecule has 0 heterocycles. The maximum absolute atomic E-state index is 12.0. The Bertz CT molecular complexity index is 460. The number of aromatic hydroxyl groups is 1. The lowest BCUT2D eigenvalue weighted by Crippen LogP contribution is -2.38. The van der Waals surface area contributed by atoms with Crippen molar-refractivity contribution in [3.05, 3.63) is 28.8 Å². The highest BCUT2D eigenvalue weighted by Gasteiger charge is 2.31. The molecule has 2 rings (SSSR count). The van der Waals surface area contributed by atoms with Gasteiger partial charge in [-0.15, -0.1) is 0 Å². The second-order valence-electron chi connectivity index (χ2n) is 4.98. The molecule has 1 aliphatic carbocycles. The predicted molar refractivity (Wildman–Crippen MR) is 73.2 cm³/mol. The third kappa shape index (κ3) is 4.11. The molecule has 1 fully saturated rings. The van der Waals surface area contributed by atoms with Crippen molar-refractivity contribution < 1.29 is 15.0 Å². The first-order chi connectivity index (χ1) is 9.10. The number of halogens is 1. The summed E-state index contributed by atoms with van der Waals surface area (Å²) in [6.07, 6.45) is 3.02. The van der Waals surface area contributed by atoms with Gasteiger partial charge in [-0.3, -0.25) is 4.79 Å². The van der Waals surface area contributed by atoms with Crippen LogP contribution < -0.4 is 5.32 Å². The van der Waals surface area contributed by atoms with Gasteiger partial charge >= 0.3 is 0 Å². The van der Waals surface area contributed by atoms with E-state index in [0.29, 0.717) is 22.9 Å². The highest BCUT2D eigenvalue weighted by Crippen LogP contribution is 2.34. The van der Waals surface area contributed by atoms with Crippen LogP contribution in [0.15, 0.2) is 18.2 Å². The number of rotatable bonds is 6. The van der Waals surface area contributed by atoms with Crippen molar-refractivity contribution in [1.29, 1.82) is 0 Å². The summed E-state index contributed by atoms with van der Waals surface area (Å²) in [7, 11) is 0. The van der Waals surface area contributed by atoms with Gasteiger partial charge in [0.2, 0.25) is 5.91 Å². The first kappa shape index (κ1) is 14.2. The van der Waals surface area contributed by atoms with Crippen molar-refractivity contribution in [2.45, 2.75) is 31.7 Å². The average Bonchev–Trinajstić information content (AvgIpc) is 3.16. The summed E-state index contributed by atoms with van der Waals surface area (Å²) in [4.78, 5) is 12.0. The molecule has 104 valence electrons. The minimum Gasteiger partial charge on any atom is -0.508 e. The van der Waals surface area contributed by atoms with E-state index in [4.69, 9.17) is 16.7 Å². The molecule has 19 heavy (non-hydrogen) atoms. The maximum atomic E-state index is 12.0. The summed E-state index contributed by atoms with van der Waals surface area (Å²) < 4.78 is 0. The van der Waals surface area contributed by atoms with Gasteiger partial charge in [-0.1, -0.05) is 17.7 Å². The fraction of sp³-hybridized carbons (Fsp3) is 0.500. The van der Waals surface area contributed by atoms with Gasteiger partial charge in [0.15, 0.2) is 0 Å². The summed E-state index contributed by atoms with van der Waals surface area (Å²) >= 11 is 5.97. The molecule has 0 aromatic heterocycles. The van der Waals surface area contributed by atoms with Crippen molar-refractivity contribution in [3.8, 4) is 5.75 Å². The van der Waals surface area contributed by atoms with E-state index in [9.17, 15) is 9.90 Å². The number of benzene rings is 1. The first-order valence-corrected chi connectivity index (χ1v) is 6.85. The van der Waals surface area contributed by atoms with Crippen LogP contribution in [0.4, 0.5) is 0 Å². The number of carbonyl (C=O) groups excluding carboxylic acids is 1. The van der Waals surface area contributed by atoms with Gasteiger partial charge in [-0.25, -0.2) is 0 Å². The van der Waals surface area contributed by atoms with Gasteiger partial charge in [0.05, 0.1) is 6.42 Å². The molecule has 0 aliphatic heterocycles. The standard InChI is InChI=1S/C14H18ClNO3/c15-12-8-11(18)4-3-10(12)7-14(19)16-13(5-6-17)9-1-2-9/h3-4,8-9,13,17-18H,1-2,5-7H2,(H,16,19). The van der Waals surface area contributed by atoms with Gasteiger partial charge in [-0.05, 0) is 42.9 Å². The second kappa shape index (κ2) is 6.26. The van der Waals surface area contributed by atoms with Crippen LogP contribution in [0.1, 0.15) is 24.8 Å². The zero-order valence-electron chi connectivity index (χ0n) is 10.6. The number of aliphatic hydroxyl groups is 1. The lowest BCUT2D eigenvalue weighted by Gasteiger charge is -2.17. The molecular formula is C14H18ClNO3. The van der Waals surface area contributed by atoms with Crippen molar-refractivity contribution in [2.75, 3.05) is 6.61 Å². The van der Waals surface area contributed by atoms with Gasteiger partial charge in [-0.2, -0.15) is 0 Å². The Morgan fingerprint density at radius 2 is 2.21 bits per heavy atom. The Labute approximate surface area is 117 Å². The fourth-order valence-corrected chi connectivity index (χ4v) is 2.42.